The van der Waals surface area contributed by atoms with Crippen LogP contribution in [0.1, 0.15) is 12.8 Å². The first-order valence-corrected chi connectivity index (χ1v) is 9.34. The van der Waals surface area contributed by atoms with Crippen molar-refractivity contribution in [1.29, 1.82) is 0 Å². The molecule has 1 heterocycles. The highest BCUT2D eigenvalue weighted by Crippen LogP contribution is 2.34. The van der Waals surface area contributed by atoms with E-state index in [4.69, 9.17) is 16.3 Å². The van der Waals surface area contributed by atoms with Gasteiger partial charge in [0.15, 0.2) is 0 Å². The molecule has 1 fully saturated rings. The van der Waals surface area contributed by atoms with Gasteiger partial charge in [-0.15, -0.1) is 0 Å². The maximum atomic E-state index is 13.7. The largest absolute Gasteiger partial charge is 0.489 e. The van der Waals surface area contributed by atoms with Crippen LogP contribution in [0.5, 0.6) is 5.75 Å². The van der Waals surface area contributed by atoms with E-state index in [1.165, 1.54) is 12.4 Å². The third-order valence-electron chi connectivity index (χ3n) is 3.81. The van der Waals surface area contributed by atoms with Gasteiger partial charge >= 0.3 is 0 Å². The summed E-state index contributed by atoms with van der Waals surface area (Å²) in [7, 11) is 0. The number of aromatic nitrogens is 2. The molecule has 0 atom stereocenters. The van der Waals surface area contributed by atoms with E-state index in [1.54, 1.807) is 24.3 Å². The minimum absolute atomic E-state index is 0.280. The molecule has 1 aromatic heterocycles. The molecule has 7 heteroatoms. The fraction of sp³-hybridized carbons (Fsp3) is 0.158. The smallest absolute Gasteiger partial charge is 0.140 e. The second-order valence-electron chi connectivity index (χ2n) is 5.89. The zero-order valence-corrected chi connectivity index (χ0v) is 15.2. The summed E-state index contributed by atoms with van der Waals surface area (Å²) in [5, 5.41) is 0.559. The van der Waals surface area contributed by atoms with Gasteiger partial charge in [0.1, 0.15) is 23.7 Å². The van der Waals surface area contributed by atoms with Crippen LogP contribution in [0.2, 0.25) is 5.02 Å². The summed E-state index contributed by atoms with van der Waals surface area (Å²) in [5.41, 5.74) is 1.58. The number of hydrogen-bond donors (Lipinski definition) is 1. The quantitative estimate of drug-likeness (QED) is 0.558. The van der Waals surface area contributed by atoms with Crippen molar-refractivity contribution < 1.29 is 9.13 Å². The molecule has 1 aliphatic rings. The van der Waals surface area contributed by atoms with Gasteiger partial charge in [0, 0.05) is 11.6 Å². The Morgan fingerprint density at radius 3 is 2.73 bits per heavy atom. The Kier molecular flexibility index (Phi) is 4.95. The van der Waals surface area contributed by atoms with Gasteiger partial charge in [0.25, 0.3) is 0 Å². The van der Waals surface area contributed by atoms with E-state index < -0.39 is 0 Å². The predicted octanol–water partition coefficient (Wildman–Crippen LogP) is 5.60. The molecule has 132 valence electrons. The lowest BCUT2D eigenvalue weighted by Gasteiger charge is -2.09. The normalized spacial score (nSPS) is 13.5. The standard InChI is InChI=1S/C19H15ClFN3OS/c20-14-9-12(5-8-17(14)25-13-6-7-13)16-10-19(23-11-22-16)24-26-18-4-2-1-3-15(18)21/h1-5,8-11,13H,6-7H2,(H,22,23,24). The average molecular weight is 388 g/mol. The minimum Gasteiger partial charge on any atom is -0.489 e. The summed E-state index contributed by atoms with van der Waals surface area (Å²) in [6.07, 6.45) is 3.92. The molecule has 1 saturated carbocycles. The fourth-order valence-electron chi connectivity index (χ4n) is 2.33. The average Bonchev–Trinajstić information content (AvgIpc) is 3.47. The van der Waals surface area contributed by atoms with Crippen LogP contribution in [-0.4, -0.2) is 16.1 Å². The first kappa shape index (κ1) is 17.1. The Morgan fingerprint density at radius 1 is 1.12 bits per heavy atom. The summed E-state index contributed by atoms with van der Waals surface area (Å²) in [6.45, 7) is 0. The van der Waals surface area contributed by atoms with Crippen LogP contribution in [0, 0.1) is 5.82 Å². The second kappa shape index (κ2) is 7.51. The van der Waals surface area contributed by atoms with E-state index in [-0.39, 0.29) is 5.82 Å². The van der Waals surface area contributed by atoms with Gasteiger partial charge in [0.2, 0.25) is 0 Å². The lowest BCUT2D eigenvalue weighted by molar-refractivity contribution is 0.303. The Hall–Kier alpha value is -2.31. The molecule has 2 aromatic carbocycles. The zero-order chi connectivity index (χ0) is 17.9. The van der Waals surface area contributed by atoms with E-state index >= 15 is 0 Å². The van der Waals surface area contributed by atoms with Crippen LogP contribution in [0.15, 0.2) is 59.8 Å². The Labute approximate surface area is 159 Å². The molecule has 4 nitrogen and oxygen atoms in total. The second-order valence-corrected chi connectivity index (χ2v) is 7.14. The number of hydrogen-bond acceptors (Lipinski definition) is 5. The number of anilines is 1. The Morgan fingerprint density at radius 2 is 1.96 bits per heavy atom. The molecule has 0 saturated heterocycles. The molecule has 0 radical (unpaired) electrons. The number of ether oxygens (including phenoxy) is 1. The SMILES string of the molecule is Fc1ccccc1SNc1cc(-c2ccc(OC3CC3)c(Cl)c2)ncn1. The van der Waals surface area contributed by atoms with Crippen LogP contribution in [0.4, 0.5) is 10.2 Å². The molecule has 0 spiro atoms. The Balaban J connectivity index is 1.50. The Bertz CT molecular complexity index is 936. The molecule has 26 heavy (non-hydrogen) atoms. The van der Waals surface area contributed by atoms with Crippen LogP contribution in [-0.2, 0) is 0 Å². The molecule has 1 N–H and O–H groups in total. The van der Waals surface area contributed by atoms with Crippen LogP contribution in [0.25, 0.3) is 11.3 Å². The number of nitrogens with one attached hydrogen (secondary N) is 1. The van der Waals surface area contributed by atoms with Crippen molar-refractivity contribution in [2.75, 3.05) is 4.72 Å². The number of benzene rings is 2. The van der Waals surface area contributed by atoms with E-state index in [2.05, 4.69) is 14.7 Å². The topological polar surface area (TPSA) is 47.0 Å². The minimum atomic E-state index is -0.280. The highest BCUT2D eigenvalue weighted by molar-refractivity contribution is 8.00. The summed E-state index contributed by atoms with van der Waals surface area (Å²) < 4.78 is 22.5. The molecule has 3 aromatic rings. The summed E-state index contributed by atoms with van der Waals surface area (Å²) in [5.74, 6) is 0.996. The molecular formula is C19H15ClFN3OS. The monoisotopic (exact) mass is 387 g/mol. The molecule has 0 aliphatic heterocycles. The molecule has 0 unspecified atom stereocenters. The maximum Gasteiger partial charge on any atom is 0.140 e. The van der Waals surface area contributed by atoms with Crippen molar-refractivity contribution in [2.45, 2.75) is 23.8 Å². The zero-order valence-electron chi connectivity index (χ0n) is 13.7. The maximum absolute atomic E-state index is 13.7. The van der Waals surface area contributed by atoms with Crippen molar-refractivity contribution >= 4 is 29.4 Å². The summed E-state index contributed by atoms with van der Waals surface area (Å²) in [4.78, 5) is 8.96. The van der Waals surface area contributed by atoms with Crippen molar-refractivity contribution in [3.05, 3.63) is 65.7 Å². The van der Waals surface area contributed by atoms with Crippen LogP contribution >= 0.6 is 23.5 Å². The van der Waals surface area contributed by atoms with Crippen LogP contribution in [0.3, 0.4) is 0 Å². The first-order valence-electron chi connectivity index (χ1n) is 8.15. The predicted molar refractivity (Wildman–Crippen MR) is 102 cm³/mol. The van der Waals surface area contributed by atoms with Crippen molar-refractivity contribution in [2.24, 2.45) is 0 Å². The lowest BCUT2D eigenvalue weighted by atomic mass is 10.1. The number of rotatable bonds is 6. The lowest BCUT2D eigenvalue weighted by Crippen LogP contribution is -1.97. The van der Waals surface area contributed by atoms with E-state index in [9.17, 15) is 4.39 Å². The van der Waals surface area contributed by atoms with Gasteiger partial charge < -0.3 is 9.46 Å². The third kappa shape index (κ3) is 4.08. The third-order valence-corrected chi connectivity index (χ3v) is 4.97. The summed E-state index contributed by atoms with van der Waals surface area (Å²) >= 11 is 7.48. The van der Waals surface area contributed by atoms with Gasteiger partial charge in [-0.25, -0.2) is 14.4 Å². The van der Waals surface area contributed by atoms with E-state index in [1.807, 2.05) is 18.2 Å². The van der Waals surface area contributed by atoms with Gasteiger partial charge in [-0.2, -0.15) is 0 Å². The highest BCUT2D eigenvalue weighted by Gasteiger charge is 2.24. The molecular weight excluding hydrogens is 373 g/mol. The molecule has 1 aliphatic carbocycles. The number of halogens is 2. The molecule has 0 bridgehead atoms. The van der Waals surface area contributed by atoms with Gasteiger partial charge in [0.05, 0.1) is 21.7 Å². The summed E-state index contributed by atoms with van der Waals surface area (Å²) in [6, 6.07) is 14.0. The van der Waals surface area contributed by atoms with Gasteiger partial charge in [-0.3, -0.25) is 0 Å². The van der Waals surface area contributed by atoms with E-state index in [0.717, 1.165) is 36.0 Å². The highest BCUT2D eigenvalue weighted by atomic mass is 35.5. The van der Waals surface area contributed by atoms with Crippen molar-refractivity contribution in [1.82, 2.24) is 9.97 Å². The van der Waals surface area contributed by atoms with E-state index in [0.29, 0.717) is 27.6 Å². The van der Waals surface area contributed by atoms with Crippen LogP contribution < -0.4 is 9.46 Å². The first-order chi connectivity index (χ1) is 12.7. The molecule has 4 rings (SSSR count). The van der Waals surface area contributed by atoms with Gasteiger partial charge in [-0.1, -0.05) is 23.7 Å². The van der Waals surface area contributed by atoms with Gasteiger partial charge in [-0.05, 0) is 55.1 Å². The van der Waals surface area contributed by atoms with Crippen molar-refractivity contribution in [3.8, 4) is 17.0 Å². The molecule has 0 amide bonds. The van der Waals surface area contributed by atoms with Crippen molar-refractivity contribution in [3.63, 3.8) is 0 Å². The number of nitrogens with zero attached hydrogens (tertiary/aromatic N) is 2. The fourth-order valence-corrected chi connectivity index (χ4v) is 3.19.